The largest absolute Gasteiger partial charge is 0.378 e. The second-order valence-corrected chi connectivity index (χ2v) is 5.84. The summed E-state index contributed by atoms with van der Waals surface area (Å²) in [5.74, 6) is 0. The molecule has 1 heterocycles. The van der Waals surface area contributed by atoms with Crippen molar-refractivity contribution >= 4 is 0 Å². The molecule has 2 heteroatoms. The van der Waals surface area contributed by atoms with E-state index in [1.807, 2.05) is 0 Å². The molecule has 1 aliphatic heterocycles. The maximum atomic E-state index is 5.59. The first-order valence-corrected chi connectivity index (χ1v) is 6.40. The van der Waals surface area contributed by atoms with Crippen molar-refractivity contribution in [2.24, 2.45) is 5.41 Å². The predicted octanol–water partition coefficient (Wildman–Crippen LogP) is 2.97. The van der Waals surface area contributed by atoms with Gasteiger partial charge in [-0.3, -0.25) is 0 Å². The average molecular weight is 213 g/mol. The van der Waals surface area contributed by atoms with Gasteiger partial charge in [0.1, 0.15) is 0 Å². The molecule has 2 nitrogen and oxygen atoms in total. The van der Waals surface area contributed by atoms with Crippen LogP contribution in [0.1, 0.15) is 52.9 Å². The Morgan fingerprint density at radius 2 is 2.07 bits per heavy atom. The van der Waals surface area contributed by atoms with E-state index in [0.29, 0.717) is 11.5 Å². The fourth-order valence-electron chi connectivity index (χ4n) is 1.92. The highest BCUT2D eigenvalue weighted by Gasteiger charge is 2.14. The Balaban J connectivity index is 1.84. The van der Waals surface area contributed by atoms with Crippen LogP contribution in [0.2, 0.25) is 0 Å². The molecule has 90 valence electrons. The minimum absolute atomic E-state index is 0.460. The molecule has 0 aromatic rings. The van der Waals surface area contributed by atoms with Crippen molar-refractivity contribution in [2.75, 3.05) is 19.7 Å². The summed E-state index contributed by atoms with van der Waals surface area (Å²) in [5, 5.41) is 3.51. The number of ether oxygens (including phenoxy) is 1. The van der Waals surface area contributed by atoms with E-state index < -0.39 is 0 Å². The van der Waals surface area contributed by atoms with Gasteiger partial charge in [-0.1, -0.05) is 20.8 Å². The Morgan fingerprint density at radius 1 is 1.27 bits per heavy atom. The highest BCUT2D eigenvalue weighted by molar-refractivity contribution is 4.66. The molecule has 0 bridgehead atoms. The summed E-state index contributed by atoms with van der Waals surface area (Å²) in [6, 6.07) is 0. The van der Waals surface area contributed by atoms with Gasteiger partial charge >= 0.3 is 0 Å². The van der Waals surface area contributed by atoms with Crippen molar-refractivity contribution in [3.05, 3.63) is 0 Å². The monoisotopic (exact) mass is 213 g/mol. The Hall–Kier alpha value is -0.0800. The molecule has 0 aromatic heterocycles. The normalized spacial score (nSPS) is 22.2. The van der Waals surface area contributed by atoms with Gasteiger partial charge in [0.25, 0.3) is 0 Å². The quantitative estimate of drug-likeness (QED) is 0.685. The number of rotatable bonds is 6. The molecule has 0 aromatic carbocycles. The lowest BCUT2D eigenvalue weighted by atomic mass is 9.92. The van der Waals surface area contributed by atoms with Gasteiger partial charge in [-0.25, -0.2) is 0 Å². The SMILES string of the molecule is CC(C)(C)CCNCCCC1CCCO1. The van der Waals surface area contributed by atoms with Crippen LogP contribution < -0.4 is 5.32 Å². The van der Waals surface area contributed by atoms with Crippen molar-refractivity contribution < 1.29 is 4.74 Å². The Kier molecular flexibility index (Phi) is 5.62. The second-order valence-electron chi connectivity index (χ2n) is 5.84. The van der Waals surface area contributed by atoms with Gasteiger partial charge in [0.2, 0.25) is 0 Å². The fraction of sp³-hybridized carbons (Fsp3) is 1.00. The lowest BCUT2D eigenvalue weighted by molar-refractivity contribution is 0.102. The Morgan fingerprint density at radius 3 is 2.67 bits per heavy atom. The average Bonchev–Trinajstić information content (AvgIpc) is 2.61. The van der Waals surface area contributed by atoms with Gasteiger partial charge < -0.3 is 10.1 Å². The highest BCUT2D eigenvalue weighted by atomic mass is 16.5. The van der Waals surface area contributed by atoms with Gasteiger partial charge in [-0.05, 0) is 50.6 Å². The van der Waals surface area contributed by atoms with Crippen LogP contribution in [0.25, 0.3) is 0 Å². The zero-order valence-electron chi connectivity index (χ0n) is 10.6. The van der Waals surface area contributed by atoms with E-state index in [2.05, 4.69) is 26.1 Å². The van der Waals surface area contributed by atoms with Crippen LogP contribution in [-0.4, -0.2) is 25.8 Å². The van der Waals surface area contributed by atoms with E-state index in [-0.39, 0.29) is 0 Å². The molecular weight excluding hydrogens is 186 g/mol. The van der Waals surface area contributed by atoms with Crippen LogP contribution in [0.5, 0.6) is 0 Å². The standard InChI is InChI=1S/C13H27NO/c1-13(2,3)8-10-14-9-4-6-12-7-5-11-15-12/h12,14H,4-11H2,1-3H3. The van der Waals surface area contributed by atoms with Crippen LogP contribution in [0.4, 0.5) is 0 Å². The topological polar surface area (TPSA) is 21.3 Å². The van der Waals surface area contributed by atoms with Gasteiger partial charge in [0.05, 0.1) is 6.10 Å². The predicted molar refractivity (Wildman–Crippen MR) is 65.1 cm³/mol. The summed E-state index contributed by atoms with van der Waals surface area (Å²) in [7, 11) is 0. The maximum Gasteiger partial charge on any atom is 0.0576 e. The third kappa shape index (κ3) is 6.91. The van der Waals surface area contributed by atoms with Gasteiger partial charge in [-0.15, -0.1) is 0 Å². The van der Waals surface area contributed by atoms with E-state index in [1.54, 1.807) is 0 Å². The minimum Gasteiger partial charge on any atom is -0.378 e. The summed E-state index contributed by atoms with van der Waals surface area (Å²) < 4.78 is 5.59. The smallest absolute Gasteiger partial charge is 0.0576 e. The molecule has 1 unspecified atom stereocenters. The first-order valence-electron chi connectivity index (χ1n) is 6.40. The second kappa shape index (κ2) is 6.49. The number of hydrogen-bond donors (Lipinski definition) is 1. The molecule has 0 spiro atoms. The molecule has 1 saturated heterocycles. The molecular formula is C13H27NO. The summed E-state index contributed by atoms with van der Waals surface area (Å²) in [6.45, 7) is 10.2. The van der Waals surface area contributed by atoms with Crippen LogP contribution in [0, 0.1) is 5.41 Å². The van der Waals surface area contributed by atoms with Crippen LogP contribution in [-0.2, 0) is 4.74 Å². The summed E-state index contributed by atoms with van der Waals surface area (Å²) in [4.78, 5) is 0. The van der Waals surface area contributed by atoms with Crippen LogP contribution >= 0.6 is 0 Å². The van der Waals surface area contributed by atoms with E-state index in [0.717, 1.165) is 19.7 Å². The zero-order chi connectivity index (χ0) is 11.1. The third-order valence-corrected chi connectivity index (χ3v) is 2.96. The fourth-order valence-corrected chi connectivity index (χ4v) is 1.92. The van der Waals surface area contributed by atoms with Crippen molar-refractivity contribution in [2.45, 2.75) is 59.0 Å². The lowest BCUT2D eigenvalue weighted by Crippen LogP contribution is -2.22. The van der Waals surface area contributed by atoms with Gasteiger partial charge in [0.15, 0.2) is 0 Å². The molecule has 1 aliphatic rings. The minimum atomic E-state index is 0.460. The van der Waals surface area contributed by atoms with E-state index in [1.165, 1.54) is 32.1 Å². The first-order chi connectivity index (χ1) is 7.08. The number of nitrogens with one attached hydrogen (secondary N) is 1. The number of hydrogen-bond acceptors (Lipinski definition) is 2. The van der Waals surface area contributed by atoms with Crippen LogP contribution in [0.3, 0.4) is 0 Å². The van der Waals surface area contributed by atoms with Gasteiger partial charge in [0, 0.05) is 6.61 Å². The zero-order valence-corrected chi connectivity index (χ0v) is 10.6. The molecule has 0 saturated carbocycles. The summed E-state index contributed by atoms with van der Waals surface area (Å²) in [5.41, 5.74) is 0.460. The van der Waals surface area contributed by atoms with Crippen molar-refractivity contribution in [1.82, 2.24) is 5.32 Å². The van der Waals surface area contributed by atoms with Crippen molar-refractivity contribution in [3.8, 4) is 0 Å². The van der Waals surface area contributed by atoms with Crippen molar-refractivity contribution in [3.63, 3.8) is 0 Å². The van der Waals surface area contributed by atoms with E-state index in [4.69, 9.17) is 4.74 Å². The summed E-state index contributed by atoms with van der Waals surface area (Å²) >= 11 is 0. The third-order valence-electron chi connectivity index (χ3n) is 2.96. The first kappa shape index (κ1) is 13.0. The Labute approximate surface area is 94.8 Å². The maximum absolute atomic E-state index is 5.59. The van der Waals surface area contributed by atoms with E-state index >= 15 is 0 Å². The molecule has 0 radical (unpaired) electrons. The summed E-state index contributed by atoms with van der Waals surface area (Å²) in [6.07, 6.45) is 6.86. The molecule has 1 atom stereocenters. The lowest BCUT2D eigenvalue weighted by Gasteiger charge is -2.18. The van der Waals surface area contributed by atoms with Gasteiger partial charge in [-0.2, -0.15) is 0 Å². The van der Waals surface area contributed by atoms with Crippen LogP contribution in [0.15, 0.2) is 0 Å². The van der Waals surface area contributed by atoms with E-state index in [9.17, 15) is 0 Å². The Bertz CT molecular complexity index is 156. The molecule has 0 amide bonds. The molecule has 1 fully saturated rings. The highest BCUT2D eigenvalue weighted by Crippen LogP contribution is 2.17. The molecule has 1 rings (SSSR count). The molecule has 0 aliphatic carbocycles. The van der Waals surface area contributed by atoms with Crippen molar-refractivity contribution in [1.29, 1.82) is 0 Å². The molecule has 1 N–H and O–H groups in total. The molecule has 15 heavy (non-hydrogen) atoms.